The zero-order valence-corrected chi connectivity index (χ0v) is 65.6. The maximum Gasteiger partial charge on any atom is 0.407 e. The number of nitrogens with zero attached hydrogens (tertiary/aromatic N) is 1. The van der Waals surface area contributed by atoms with Crippen molar-refractivity contribution < 1.29 is 80.2 Å². The third kappa shape index (κ3) is 26.7. The first kappa shape index (κ1) is 88.0. The Labute approximate surface area is 638 Å². The largest absolute Gasteiger partial charge is 0.492 e. The number of likely N-dealkylation sites (tertiary alicyclic amines) is 1. The Kier molecular flexibility index (Phi) is 33.1. The highest BCUT2D eigenvalue weighted by Crippen LogP contribution is 2.45. The average Bonchev–Trinajstić information content (AvgIpc) is 1.23. The molecule has 2 aliphatic heterocycles. The summed E-state index contributed by atoms with van der Waals surface area (Å²) in [5, 5.41) is 37.1. The Morgan fingerprint density at radius 3 is 1.83 bits per heavy atom. The quantitative estimate of drug-likeness (QED) is 0.0169. The molecule has 6 rings (SSSR count). The Hall–Kier alpha value is -9.92. The fourth-order valence-electron chi connectivity index (χ4n) is 13.4. The first-order chi connectivity index (χ1) is 51.4. The van der Waals surface area contributed by atoms with Gasteiger partial charge in [0.25, 0.3) is 10.0 Å². The SMILES string of the molecule is Cc1c(C)c(S(=O)(=O)NC(=N)NCCCC(NC(=O)CNC(=O)C(CCCCN)NC(=O)CNC(=O)OCC2c3ccccc3-c3ccccc32)C(=O)NC(C(=O)NCC(=O)NC(CC(C)C)C(=O)N2CCCC2C(=O)NCC(=O)NC(C=O)CCCCNC(=O)OC(C)(C)C)C(C)C)c(C)c2c1CC(C)(C)CO2. The molecule has 6 unspecified atom stereocenters. The topological polar surface area (TPSA) is 464 Å². The van der Waals surface area contributed by atoms with Crippen LogP contribution in [0.2, 0.25) is 0 Å². The summed E-state index contributed by atoms with van der Waals surface area (Å²) in [7, 11) is -4.37. The van der Waals surface area contributed by atoms with E-state index in [0.29, 0.717) is 68.3 Å². The van der Waals surface area contributed by atoms with Gasteiger partial charge in [0.1, 0.15) is 61.0 Å². The van der Waals surface area contributed by atoms with Crippen molar-refractivity contribution >= 4 is 87.6 Å². The van der Waals surface area contributed by atoms with Crippen molar-refractivity contribution in [2.24, 2.45) is 23.0 Å². The van der Waals surface area contributed by atoms with Crippen molar-refractivity contribution in [1.29, 1.82) is 5.41 Å². The molecule has 109 heavy (non-hydrogen) atoms. The van der Waals surface area contributed by atoms with Crippen LogP contribution in [0.25, 0.3) is 11.1 Å². The number of amides is 11. The number of hydrogen-bond donors (Lipinski definition) is 14. The molecule has 1 aliphatic carbocycles. The summed E-state index contributed by atoms with van der Waals surface area (Å²) in [6, 6.07) is 8.54. The molecule has 600 valence electrons. The van der Waals surface area contributed by atoms with Crippen LogP contribution in [0.1, 0.15) is 172 Å². The maximum absolute atomic E-state index is 14.5. The van der Waals surface area contributed by atoms with Crippen LogP contribution in [0.4, 0.5) is 9.59 Å². The minimum atomic E-state index is -4.37. The second-order valence-corrected chi connectivity index (χ2v) is 32.1. The van der Waals surface area contributed by atoms with Gasteiger partial charge in [0.15, 0.2) is 0 Å². The van der Waals surface area contributed by atoms with Crippen LogP contribution in [0.3, 0.4) is 0 Å². The van der Waals surface area contributed by atoms with Gasteiger partial charge in [-0.2, -0.15) is 0 Å². The highest BCUT2D eigenvalue weighted by atomic mass is 32.2. The molecule has 3 aromatic rings. The molecular weight excluding hydrogens is 1430 g/mol. The standard InChI is InChI=1S/C76H113N15O17S/c1-44(2)35-58(71(101)91-34-22-30-59(91)69(99)82-37-60(93)85-49(41-92)23-18-20-32-80-74(103)108-75(8,9)10)88-62(95)39-83-70(100)64(45(3)4)89-68(98)57(29-21-33-79-72(78)90-109(104,105)66-47(6)46(5)54-36-76(11,12)43-107-65(54)48(66)7)87-61(94)38-81-67(97)56(28-17-19-31-77)86-63(96)40-84-73(102)106-42-55-52-26-15-13-24-50(52)51-25-14-16-27-53(51)55/h13-16,24-27,41,44-45,49,55-59,64H,17-23,28-40,42-43,77H2,1-12H3,(H,80,103)(H,81,97)(H,82,99)(H,83,100)(H,84,102)(H,85,93)(H,86,96)(H,87,94)(H,88,95)(H,89,98)(H3,78,79,90). The number of sulfonamides is 1. The number of fused-ring (bicyclic) bond motifs is 4. The lowest BCUT2D eigenvalue weighted by atomic mass is 9.81. The fraction of sp³-hybridized carbons (Fsp3) is 0.592. The van der Waals surface area contributed by atoms with Gasteiger partial charge in [-0.15, -0.1) is 0 Å². The maximum atomic E-state index is 14.5. The summed E-state index contributed by atoms with van der Waals surface area (Å²) in [5.74, 6) is -7.95. The highest BCUT2D eigenvalue weighted by molar-refractivity contribution is 7.90. The van der Waals surface area contributed by atoms with Crippen molar-refractivity contribution in [3.8, 4) is 16.9 Å². The van der Waals surface area contributed by atoms with Crippen LogP contribution in [-0.4, -0.2) is 198 Å². The summed E-state index contributed by atoms with van der Waals surface area (Å²) in [4.78, 5) is 162. The van der Waals surface area contributed by atoms with Crippen molar-refractivity contribution in [1.82, 2.24) is 68.1 Å². The second kappa shape index (κ2) is 41.0. The monoisotopic (exact) mass is 1540 g/mol. The molecule has 3 aromatic carbocycles. The lowest BCUT2D eigenvalue weighted by Gasteiger charge is -2.34. The van der Waals surface area contributed by atoms with Gasteiger partial charge >= 0.3 is 12.2 Å². The molecule has 2 heterocycles. The number of carbonyl (C=O) groups excluding carboxylic acids is 12. The molecular formula is C76H113N15O17S. The van der Waals surface area contributed by atoms with E-state index in [1.165, 1.54) is 4.90 Å². The van der Waals surface area contributed by atoms with E-state index >= 15 is 0 Å². The predicted molar refractivity (Wildman–Crippen MR) is 407 cm³/mol. The number of alkyl carbamates (subject to hydrolysis) is 2. The van der Waals surface area contributed by atoms with E-state index in [4.69, 9.17) is 25.4 Å². The molecule has 0 radical (unpaired) electrons. The van der Waals surface area contributed by atoms with E-state index in [2.05, 4.69) is 77.1 Å². The van der Waals surface area contributed by atoms with Crippen molar-refractivity contribution in [2.75, 3.05) is 65.6 Å². The number of ether oxygens (including phenoxy) is 3. The minimum Gasteiger partial charge on any atom is -0.492 e. The van der Waals surface area contributed by atoms with Gasteiger partial charge in [-0.3, -0.25) is 48.6 Å². The number of benzene rings is 3. The van der Waals surface area contributed by atoms with E-state index < -0.39 is 155 Å². The number of unbranched alkanes of at least 4 members (excludes halogenated alkanes) is 2. The first-order valence-corrected chi connectivity index (χ1v) is 38.9. The summed E-state index contributed by atoms with van der Waals surface area (Å²) in [5.41, 5.74) is 11.5. The van der Waals surface area contributed by atoms with Gasteiger partial charge in [0.05, 0.1) is 37.2 Å². The third-order valence-electron chi connectivity index (χ3n) is 18.9. The molecule has 15 N–H and O–H groups in total. The zero-order valence-electron chi connectivity index (χ0n) is 64.8. The lowest BCUT2D eigenvalue weighted by molar-refractivity contribution is -0.142. The Bertz CT molecular complexity index is 3850. The van der Waals surface area contributed by atoms with Crippen molar-refractivity contribution in [3.63, 3.8) is 0 Å². The number of hydrogen-bond acceptors (Lipinski definition) is 19. The number of rotatable bonds is 39. The van der Waals surface area contributed by atoms with Crippen LogP contribution in [0.15, 0.2) is 53.4 Å². The summed E-state index contributed by atoms with van der Waals surface area (Å²) >= 11 is 0. The molecule has 33 heteroatoms. The normalized spacial score (nSPS) is 15.6. The smallest absolute Gasteiger partial charge is 0.407 e. The van der Waals surface area contributed by atoms with Crippen LogP contribution < -0.4 is 73.7 Å². The molecule has 0 spiro atoms. The Morgan fingerprint density at radius 1 is 0.661 bits per heavy atom. The van der Waals surface area contributed by atoms with Crippen LogP contribution in [0, 0.1) is 43.4 Å². The van der Waals surface area contributed by atoms with E-state index in [1.54, 1.807) is 48.5 Å². The van der Waals surface area contributed by atoms with E-state index in [0.717, 1.165) is 33.4 Å². The lowest BCUT2D eigenvalue weighted by Crippen LogP contribution is -2.58. The van der Waals surface area contributed by atoms with Crippen LogP contribution in [0.5, 0.6) is 5.75 Å². The molecule has 1 saturated heterocycles. The zero-order chi connectivity index (χ0) is 80.5. The van der Waals surface area contributed by atoms with Gasteiger partial charge in [0, 0.05) is 36.5 Å². The molecule has 0 bridgehead atoms. The van der Waals surface area contributed by atoms with Gasteiger partial charge in [-0.05, 0) is 176 Å². The number of aldehydes is 1. The van der Waals surface area contributed by atoms with Gasteiger partial charge in [-0.25, -0.2) is 22.7 Å². The summed E-state index contributed by atoms with van der Waals surface area (Å²) in [6.07, 6.45) is 2.59. The van der Waals surface area contributed by atoms with E-state index in [1.807, 2.05) is 69.3 Å². The Morgan fingerprint density at radius 2 is 1.22 bits per heavy atom. The molecule has 3 aliphatic rings. The predicted octanol–water partition coefficient (Wildman–Crippen LogP) is 3.18. The molecule has 6 atom stereocenters. The van der Waals surface area contributed by atoms with Crippen LogP contribution >= 0.6 is 0 Å². The average molecular weight is 1540 g/mol. The van der Waals surface area contributed by atoms with Crippen molar-refractivity contribution in [2.45, 2.75) is 213 Å². The summed E-state index contributed by atoms with van der Waals surface area (Å²) in [6.45, 7) is 19.9. The van der Waals surface area contributed by atoms with E-state index in [-0.39, 0.29) is 93.5 Å². The first-order valence-electron chi connectivity index (χ1n) is 37.4. The van der Waals surface area contributed by atoms with E-state index in [9.17, 15) is 66.0 Å². The van der Waals surface area contributed by atoms with Crippen LogP contribution in [-0.2, 0) is 73.9 Å². The number of nitrogens with one attached hydrogen (secondary N) is 13. The van der Waals surface area contributed by atoms with Gasteiger partial charge in [-0.1, -0.05) is 90.1 Å². The molecule has 1 fully saturated rings. The molecule has 0 saturated carbocycles. The Balaban J connectivity index is 1.06. The van der Waals surface area contributed by atoms with Gasteiger partial charge in [0.2, 0.25) is 59.1 Å². The fourth-order valence-corrected chi connectivity index (χ4v) is 14.9. The minimum absolute atomic E-state index is 0.00706. The number of guanidine groups is 1. The second-order valence-electron chi connectivity index (χ2n) is 30.5. The number of nitrogens with two attached hydrogens (primary N) is 1. The molecule has 0 aromatic heterocycles. The number of carbonyl (C=O) groups is 12. The molecule has 32 nitrogen and oxygen atoms in total. The molecule has 11 amide bonds. The highest BCUT2D eigenvalue weighted by Gasteiger charge is 2.40. The summed E-state index contributed by atoms with van der Waals surface area (Å²) < 4.78 is 47.2. The third-order valence-corrected chi connectivity index (χ3v) is 20.5. The van der Waals surface area contributed by atoms with Gasteiger partial charge < -0.3 is 88.1 Å². The van der Waals surface area contributed by atoms with Crippen molar-refractivity contribution in [3.05, 3.63) is 81.9 Å².